The van der Waals surface area contributed by atoms with Crippen LogP contribution in [0.2, 0.25) is 0 Å². The average molecular weight is 307 g/mol. The van der Waals surface area contributed by atoms with Crippen LogP contribution in [0.4, 0.5) is 0 Å². The van der Waals surface area contributed by atoms with E-state index in [2.05, 4.69) is 5.32 Å². The van der Waals surface area contributed by atoms with Crippen LogP contribution in [0.1, 0.15) is 48.0 Å². The van der Waals surface area contributed by atoms with E-state index < -0.39 is 0 Å². The lowest BCUT2D eigenvalue weighted by atomic mass is 10.0. The summed E-state index contributed by atoms with van der Waals surface area (Å²) in [4.78, 5) is 12.1. The number of amides is 1. The van der Waals surface area contributed by atoms with E-state index in [-0.39, 0.29) is 5.91 Å². The SMILES string of the molecule is COc1ccc(C(=O)NCCSC2CCCCC2)cc1C. The van der Waals surface area contributed by atoms with Crippen LogP contribution in [0.15, 0.2) is 18.2 Å². The maximum atomic E-state index is 12.1. The Morgan fingerprint density at radius 3 is 2.76 bits per heavy atom. The number of carbonyl (C=O) groups is 1. The molecule has 0 atom stereocenters. The first-order valence-corrected chi connectivity index (χ1v) is 8.80. The molecule has 0 radical (unpaired) electrons. The standard InChI is InChI=1S/C17H25NO2S/c1-13-12-14(8-9-16(13)20-2)17(19)18-10-11-21-15-6-4-3-5-7-15/h8-9,12,15H,3-7,10-11H2,1-2H3,(H,18,19). The number of ether oxygens (including phenoxy) is 1. The van der Waals surface area contributed by atoms with Crippen LogP contribution < -0.4 is 10.1 Å². The van der Waals surface area contributed by atoms with E-state index in [1.165, 1.54) is 32.1 Å². The Bertz CT molecular complexity index is 470. The van der Waals surface area contributed by atoms with E-state index in [4.69, 9.17) is 4.74 Å². The Kier molecular flexibility index (Phi) is 6.43. The first kappa shape index (κ1) is 16.2. The number of rotatable bonds is 6. The van der Waals surface area contributed by atoms with Gasteiger partial charge in [0.25, 0.3) is 5.91 Å². The van der Waals surface area contributed by atoms with Gasteiger partial charge in [0, 0.05) is 23.1 Å². The highest BCUT2D eigenvalue weighted by Gasteiger charge is 2.13. The lowest BCUT2D eigenvalue weighted by molar-refractivity contribution is 0.0956. The van der Waals surface area contributed by atoms with Gasteiger partial charge in [0.15, 0.2) is 0 Å². The molecule has 21 heavy (non-hydrogen) atoms. The summed E-state index contributed by atoms with van der Waals surface area (Å²) < 4.78 is 5.21. The second-order valence-corrected chi connectivity index (χ2v) is 6.98. The molecule has 0 spiro atoms. The predicted molar refractivity (Wildman–Crippen MR) is 89.4 cm³/mol. The van der Waals surface area contributed by atoms with Gasteiger partial charge in [0.1, 0.15) is 5.75 Å². The highest BCUT2D eigenvalue weighted by molar-refractivity contribution is 7.99. The molecule has 1 N–H and O–H groups in total. The summed E-state index contributed by atoms with van der Waals surface area (Å²) in [5, 5.41) is 3.81. The molecule has 0 heterocycles. The topological polar surface area (TPSA) is 38.3 Å². The third kappa shape index (κ3) is 4.95. The highest BCUT2D eigenvalue weighted by Crippen LogP contribution is 2.27. The van der Waals surface area contributed by atoms with E-state index in [1.807, 2.05) is 36.9 Å². The molecular weight excluding hydrogens is 282 g/mol. The summed E-state index contributed by atoms with van der Waals surface area (Å²) in [7, 11) is 1.64. The number of carbonyl (C=O) groups excluding carboxylic acids is 1. The monoisotopic (exact) mass is 307 g/mol. The minimum Gasteiger partial charge on any atom is -0.496 e. The van der Waals surface area contributed by atoms with Crippen LogP contribution in [-0.2, 0) is 0 Å². The van der Waals surface area contributed by atoms with E-state index in [0.717, 1.165) is 28.9 Å². The van der Waals surface area contributed by atoms with Crippen LogP contribution in [0.3, 0.4) is 0 Å². The Morgan fingerprint density at radius 2 is 2.10 bits per heavy atom. The van der Waals surface area contributed by atoms with Gasteiger partial charge in [0.05, 0.1) is 7.11 Å². The fraction of sp³-hybridized carbons (Fsp3) is 0.588. The lowest BCUT2D eigenvalue weighted by Gasteiger charge is -2.20. The zero-order valence-corrected chi connectivity index (χ0v) is 13.8. The first-order chi connectivity index (χ1) is 10.2. The van der Waals surface area contributed by atoms with Crippen molar-refractivity contribution >= 4 is 17.7 Å². The third-order valence-corrected chi connectivity index (χ3v) is 5.33. The summed E-state index contributed by atoms with van der Waals surface area (Å²) in [6.07, 6.45) is 6.82. The maximum Gasteiger partial charge on any atom is 0.251 e. The van der Waals surface area contributed by atoms with E-state index >= 15 is 0 Å². The molecule has 3 nitrogen and oxygen atoms in total. The summed E-state index contributed by atoms with van der Waals surface area (Å²) in [6, 6.07) is 5.54. The molecule has 0 aliphatic heterocycles. The molecule has 1 fully saturated rings. The minimum atomic E-state index is 0.00463. The van der Waals surface area contributed by atoms with Crippen LogP contribution in [0.5, 0.6) is 5.75 Å². The summed E-state index contributed by atoms with van der Waals surface area (Å²) in [6.45, 7) is 2.69. The largest absolute Gasteiger partial charge is 0.496 e. The van der Waals surface area contributed by atoms with Gasteiger partial charge in [-0.15, -0.1) is 0 Å². The van der Waals surface area contributed by atoms with Gasteiger partial charge >= 0.3 is 0 Å². The molecular formula is C17H25NO2S. The van der Waals surface area contributed by atoms with Crippen LogP contribution in [-0.4, -0.2) is 30.6 Å². The zero-order valence-electron chi connectivity index (χ0n) is 13.0. The second kappa shape index (κ2) is 8.32. The lowest BCUT2D eigenvalue weighted by Crippen LogP contribution is -2.26. The Hall–Kier alpha value is -1.16. The number of benzene rings is 1. The fourth-order valence-electron chi connectivity index (χ4n) is 2.74. The van der Waals surface area contributed by atoms with Gasteiger partial charge in [-0.1, -0.05) is 19.3 Å². The van der Waals surface area contributed by atoms with Crippen molar-refractivity contribution in [2.45, 2.75) is 44.3 Å². The Balaban J connectivity index is 1.72. The quantitative estimate of drug-likeness (QED) is 0.812. The molecule has 1 saturated carbocycles. The predicted octanol–water partition coefficient (Wildman–Crippen LogP) is 3.80. The fourth-order valence-corrected chi connectivity index (χ4v) is 3.96. The van der Waals surface area contributed by atoms with Gasteiger partial charge in [-0.2, -0.15) is 11.8 Å². The van der Waals surface area contributed by atoms with E-state index in [0.29, 0.717) is 5.56 Å². The maximum absolute atomic E-state index is 12.1. The summed E-state index contributed by atoms with van der Waals surface area (Å²) in [5.41, 5.74) is 1.69. The minimum absolute atomic E-state index is 0.00463. The van der Waals surface area contributed by atoms with Crippen molar-refractivity contribution in [2.75, 3.05) is 19.4 Å². The number of methoxy groups -OCH3 is 1. The van der Waals surface area contributed by atoms with Crippen LogP contribution >= 0.6 is 11.8 Å². The molecule has 0 unspecified atom stereocenters. The average Bonchev–Trinajstić information content (AvgIpc) is 2.52. The molecule has 0 bridgehead atoms. The van der Waals surface area contributed by atoms with Gasteiger partial charge in [-0.05, 0) is 43.5 Å². The van der Waals surface area contributed by atoms with Crippen molar-refractivity contribution in [1.82, 2.24) is 5.32 Å². The summed E-state index contributed by atoms with van der Waals surface area (Å²) in [5.74, 6) is 1.83. The molecule has 2 rings (SSSR count). The smallest absolute Gasteiger partial charge is 0.251 e. The van der Waals surface area contributed by atoms with Gasteiger partial charge in [-0.3, -0.25) is 4.79 Å². The molecule has 1 aromatic carbocycles. The highest BCUT2D eigenvalue weighted by atomic mass is 32.2. The normalized spacial score (nSPS) is 15.7. The summed E-state index contributed by atoms with van der Waals surface area (Å²) >= 11 is 2.01. The van der Waals surface area contributed by atoms with Crippen molar-refractivity contribution < 1.29 is 9.53 Å². The van der Waals surface area contributed by atoms with Crippen LogP contribution in [0, 0.1) is 6.92 Å². The third-order valence-electron chi connectivity index (χ3n) is 3.95. The van der Waals surface area contributed by atoms with Gasteiger partial charge in [0.2, 0.25) is 0 Å². The molecule has 1 aliphatic carbocycles. The van der Waals surface area contributed by atoms with E-state index in [1.54, 1.807) is 7.11 Å². The van der Waals surface area contributed by atoms with Crippen molar-refractivity contribution in [2.24, 2.45) is 0 Å². The first-order valence-electron chi connectivity index (χ1n) is 7.75. The van der Waals surface area contributed by atoms with Gasteiger partial charge < -0.3 is 10.1 Å². The van der Waals surface area contributed by atoms with Crippen molar-refractivity contribution in [3.63, 3.8) is 0 Å². The molecule has 4 heteroatoms. The number of nitrogens with one attached hydrogen (secondary N) is 1. The number of aryl methyl sites for hydroxylation is 1. The molecule has 116 valence electrons. The molecule has 0 saturated heterocycles. The molecule has 0 aromatic heterocycles. The zero-order chi connectivity index (χ0) is 15.1. The number of hydrogen-bond acceptors (Lipinski definition) is 3. The molecule has 1 amide bonds. The second-order valence-electron chi connectivity index (χ2n) is 5.57. The van der Waals surface area contributed by atoms with Gasteiger partial charge in [-0.25, -0.2) is 0 Å². The van der Waals surface area contributed by atoms with Crippen molar-refractivity contribution in [3.05, 3.63) is 29.3 Å². The Labute approximate surface area is 131 Å². The van der Waals surface area contributed by atoms with Crippen molar-refractivity contribution in [1.29, 1.82) is 0 Å². The molecule has 1 aromatic rings. The molecule has 1 aliphatic rings. The Morgan fingerprint density at radius 1 is 1.33 bits per heavy atom. The number of thioether (sulfide) groups is 1. The van der Waals surface area contributed by atoms with Crippen molar-refractivity contribution in [3.8, 4) is 5.75 Å². The van der Waals surface area contributed by atoms with Crippen LogP contribution in [0.25, 0.3) is 0 Å². The number of hydrogen-bond donors (Lipinski definition) is 1. The van der Waals surface area contributed by atoms with E-state index in [9.17, 15) is 4.79 Å².